The van der Waals surface area contributed by atoms with Gasteiger partial charge in [0, 0.05) is 17.5 Å². The fraction of sp³-hybridized carbons (Fsp3) is 0.333. The van der Waals surface area contributed by atoms with Crippen molar-refractivity contribution in [3.8, 4) is 22.9 Å². The van der Waals surface area contributed by atoms with E-state index in [2.05, 4.69) is 49.5 Å². The highest BCUT2D eigenvalue weighted by molar-refractivity contribution is 5.98. The van der Waals surface area contributed by atoms with Gasteiger partial charge in [0.05, 0.1) is 24.5 Å². The van der Waals surface area contributed by atoms with Crippen LogP contribution in [0.15, 0.2) is 30.3 Å². The molecule has 1 saturated heterocycles. The highest BCUT2D eigenvalue weighted by Gasteiger charge is 2.33. The quantitative estimate of drug-likeness (QED) is 0.856. The number of ether oxygens (including phenoxy) is 2. The molecule has 2 heterocycles. The van der Waals surface area contributed by atoms with E-state index in [1.165, 1.54) is 5.56 Å². The maximum Gasteiger partial charge on any atom is 0.255 e. The van der Waals surface area contributed by atoms with Gasteiger partial charge in [-0.25, -0.2) is 0 Å². The molecule has 0 aliphatic carbocycles. The van der Waals surface area contributed by atoms with E-state index in [0.717, 1.165) is 22.4 Å². The summed E-state index contributed by atoms with van der Waals surface area (Å²) in [4.78, 5) is 12.1. The molecule has 5 nitrogen and oxygen atoms in total. The van der Waals surface area contributed by atoms with Gasteiger partial charge in [-0.2, -0.15) is 5.26 Å². The van der Waals surface area contributed by atoms with Gasteiger partial charge in [0.25, 0.3) is 5.91 Å². The largest absolute Gasteiger partial charge is 0.492 e. The standard InChI is InChI=1S/C21H20N2O3/c1-12(2)13-3-5-14(6-4-13)16-9-18(23-21(24)19-11-26-19)17(10-22)15-7-8-25-20(15)16/h3-6,9,12,19H,7-8,11H2,1-2H3,(H,23,24)/t19-/m0/s1. The molecule has 0 aromatic heterocycles. The number of nitrogens with zero attached hydrogens (tertiary/aromatic N) is 1. The van der Waals surface area contributed by atoms with E-state index < -0.39 is 6.10 Å². The number of hydrogen-bond donors (Lipinski definition) is 1. The molecule has 132 valence electrons. The maximum atomic E-state index is 12.1. The van der Waals surface area contributed by atoms with Crippen LogP contribution < -0.4 is 10.1 Å². The number of anilines is 1. The van der Waals surface area contributed by atoms with Crippen LogP contribution in [0.4, 0.5) is 5.69 Å². The second-order valence-corrected chi connectivity index (χ2v) is 6.95. The number of nitrogens with one attached hydrogen (secondary N) is 1. The van der Waals surface area contributed by atoms with Gasteiger partial charge in [-0.3, -0.25) is 4.79 Å². The molecule has 4 rings (SSSR count). The third kappa shape index (κ3) is 2.93. The fourth-order valence-electron chi connectivity index (χ4n) is 3.28. The van der Waals surface area contributed by atoms with Crippen molar-refractivity contribution in [2.24, 2.45) is 0 Å². The topological polar surface area (TPSA) is 74.7 Å². The molecule has 26 heavy (non-hydrogen) atoms. The minimum Gasteiger partial charge on any atom is -0.492 e. The van der Waals surface area contributed by atoms with Gasteiger partial charge in [0.2, 0.25) is 0 Å². The molecular formula is C21H20N2O3. The summed E-state index contributed by atoms with van der Waals surface area (Å²) in [5.74, 6) is 1.00. The van der Waals surface area contributed by atoms with E-state index in [1.54, 1.807) is 0 Å². The predicted octanol–water partition coefficient (Wildman–Crippen LogP) is 3.62. The number of carbonyl (C=O) groups is 1. The molecule has 1 atom stereocenters. The highest BCUT2D eigenvalue weighted by Crippen LogP contribution is 2.42. The average molecular weight is 348 g/mol. The Bertz CT molecular complexity index is 906. The number of hydrogen-bond acceptors (Lipinski definition) is 4. The first-order valence-electron chi connectivity index (χ1n) is 8.84. The van der Waals surface area contributed by atoms with Gasteiger partial charge in [0.1, 0.15) is 11.8 Å². The van der Waals surface area contributed by atoms with Crippen molar-refractivity contribution in [3.05, 3.63) is 47.0 Å². The Kier molecular flexibility index (Phi) is 4.14. The molecule has 2 aliphatic heterocycles. The Hall–Kier alpha value is -2.84. The number of carbonyl (C=O) groups excluding carboxylic acids is 1. The number of benzene rings is 2. The molecule has 0 bridgehead atoms. The highest BCUT2D eigenvalue weighted by atomic mass is 16.6. The number of epoxide rings is 1. The van der Waals surface area contributed by atoms with Crippen LogP contribution in [-0.4, -0.2) is 25.2 Å². The van der Waals surface area contributed by atoms with E-state index in [9.17, 15) is 10.1 Å². The molecule has 0 unspecified atom stereocenters. The third-order valence-electron chi connectivity index (χ3n) is 4.86. The molecule has 5 heteroatoms. The number of rotatable bonds is 4. The summed E-state index contributed by atoms with van der Waals surface area (Å²) < 4.78 is 10.9. The molecule has 2 aliphatic rings. The summed E-state index contributed by atoms with van der Waals surface area (Å²) in [6, 6.07) is 12.4. The molecule has 1 fully saturated rings. The Morgan fingerprint density at radius 3 is 2.65 bits per heavy atom. The SMILES string of the molecule is CC(C)c1ccc(-c2cc(NC(=O)[C@@H]3CO3)c(C#N)c3c2OCC3)cc1. The van der Waals surface area contributed by atoms with Crippen LogP contribution in [0, 0.1) is 11.3 Å². The Labute approximate surface area is 152 Å². The van der Waals surface area contributed by atoms with Gasteiger partial charge in [-0.05, 0) is 23.1 Å². The van der Waals surface area contributed by atoms with E-state index in [4.69, 9.17) is 9.47 Å². The summed E-state index contributed by atoms with van der Waals surface area (Å²) >= 11 is 0. The second kappa shape index (κ2) is 6.47. The van der Waals surface area contributed by atoms with Crippen LogP contribution in [0.1, 0.15) is 36.5 Å². The lowest BCUT2D eigenvalue weighted by Gasteiger charge is -2.15. The van der Waals surface area contributed by atoms with Gasteiger partial charge >= 0.3 is 0 Å². The van der Waals surface area contributed by atoms with Crippen LogP contribution in [0.3, 0.4) is 0 Å². The summed E-state index contributed by atoms with van der Waals surface area (Å²) in [5, 5.41) is 12.5. The van der Waals surface area contributed by atoms with Gasteiger partial charge in [-0.15, -0.1) is 0 Å². The molecule has 0 saturated carbocycles. The molecule has 2 aromatic rings. The molecule has 0 radical (unpaired) electrons. The zero-order valence-corrected chi connectivity index (χ0v) is 14.8. The van der Waals surface area contributed by atoms with E-state index in [0.29, 0.717) is 36.8 Å². The van der Waals surface area contributed by atoms with E-state index >= 15 is 0 Å². The van der Waals surface area contributed by atoms with Crippen molar-refractivity contribution < 1.29 is 14.3 Å². The lowest BCUT2D eigenvalue weighted by molar-refractivity contribution is -0.117. The van der Waals surface area contributed by atoms with Crippen LogP contribution in [0.5, 0.6) is 5.75 Å². The molecule has 2 aromatic carbocycles. The fourth-order valence-corrected chi connectivity index (χ4v) is 3.28. The maximum absolute atomic E-state index is 12.1. The van der Waals surface area contributed by atoms with Crippen molar-refractivity contribution in [3.63, 3.8) is 0 Å². The second-order valence-electron chi connectivity index (χ2n) is 6.95. The first-order chi connectivity index (χ1) is 12.6. The van der Waals surface area contributed by atoms with Gasteiger partial charge in [0.15, 0.2) is 6.10 Å². The van der Waals surface area contributed by atoms with Crippen molar-refractivity contribution in [2.45, 2.75) is 32.3 Å². The number of fused-ring (bicyclic) bond motifs is 1. The van der Waals surface area contributed by atoms with Crippen LogP contribution in [-0.2, 0) is 16.0 Å². The molecular weight excluding hydrogens is 328 g/mol. The normalized spacial score (nSPS) is 17.4. The lowest BCUT2D eigenvalue weighted by atomic mass is 9.94. The van der Waals surface area contributed by atoms with Crippen molar-refractivity contribution in [2.75, 3.05) is 18.5 Å². The van der Waals surface area contributed by atoms with Crippen LogP contribution in [0.2, 0.25) is 0 Å². The summed E-state index contributed by atoms with van der Waals surface area (Å²) in [5.41, 5.74) is 5.05. The minimum absolute atomic E-state index is 0.207. The van der Waals surface area contributed by atoms with Gasteiger partial charge in [-0.1, -0.05) is 38.1 Å². The predicted molar refractivity (Wildman–Crippen MR) is 98.3 cm³/mol. The van der Waals surface area contributed by atoms with Crippen molar-refractivity contribution in [1.82, 2.24) is 0 Å². The van der Waals surface area contributed by atoms with Crippen LogP contribution in [0.25, 0.3) is 11.1 Å². The van der Waals surface area contributed by atoms with Crippen molar-refractivity contribution in [1.29, 1.82) is 5.26 Å². The monoisotopic (exact) mass is 348 g/mol. The van der Waals surface area contributed by atoms with E-state index in [-0.39, 0.29) is 5.91 Å². The number of amides is 1. The lowest BCUT2D eigenvalue weighted by Crippen LogP contribution is -2.19. The zero-order chi connectivity index (χ0) is 18.3. The smallest absolute Gasteiger partial charge is 0.255 e. The summed E-state index contributed by atoms with van der Waals surface area (Å²) in [7, 11) is 0. The number of nitriles is 1. The summed E-state index contributed by atoms with van der Waals surface area (Å²) in [6.45, 7) is 5.30. The summed E-state index contributed by atoms with van der Waals surface area (Å²) in [6.07, 6.45) is 0.263. The average Bonchev–Trinajstić information content (AvgIpc) is 3.39. The zero-order valence-electron chi connectivity index (χ0n) is 14.8. The first-order valence-corrected chi connectivity index (χ1v) is 8.84. The minimum atomic E-state index is -0.403. The third-order valence-corrected chi connectivity index (χ3v) is 4.86. The first kappa shape index (κ1) is 16.6. The Morgan fingerprint density at radius 2 is 2.04 bits per heavy atom. The molecule has 1 N–H and O–H groups in total. The molecule has 1 amide bonds. The Balaban J connectivity index is 1.80. The van der Waals surface area contributed by atoms with Crippen molar-refractivity contribution >= 4 is 11.6 Å². The van der Waals surface area contributed by atoms with Crippen LogP contribution >= 0.6 is 0 Å². The van der Waals surface area contributed by atoms with Gasteiger partial charge < -0.3 is 14.8 Å². The molecule has 0 spiro atoms. The Morgan fingerprint density at radius 1 is 1.31 bits per heavy atom. The van der Waals surface area contributed by atoms with E-state index in [1.807, 2.05) is 6.07 Å².